The molecule has 0 bridgehead atoms. The van der Waals surface area contributed by atoms with E-state index in [2.05, 4.69) is 19.8 Å². The number of rotatable bonds is 8. The van der Waals surface area contributed by atoms with Crippen molar-refractivity contribution in [3.05, 3.63) is 0 Å². The summed E-state index contributed by atoms with van der Waals surface area (Å²) >= 11 is 0. The van der Waals surface area contributed by atoms with Gasteiger partial charge in [0, 0.05) is 13.5 Å². The van der Waals surface area contributed by atoms with E-state index in [4.69, 9.17) is 21.0 Å². The lowest BCUT2D eigenvalue weighted by Gasteiger charge is -2.61. The van der Waals surface area contributed by atoms with E-state index < -0.39 is 5.97 Å². The van der Waals surface area contributed by atoms with Crippen molar-refractivity contribution in [1.82, 2.24) is 0 Å². The zero-order chi connectivity index (χ0) is 24.8. The van der Waals surface area contributed by atoms with Gasteiger partial charge in [-0.05, 0) is 111 Å². The second-order valence-corrected chi connectivity index (χ2v) is 11.9. The molecular weight excluding hydrogens is 428 g/mol. The molecule has 4 fully saturated rings. The first-order valence-electron chi connectivity index (χ1n) is 13.7. The molecule has 4 rings (SSSR count). The van der Waals surface area contributed by atoms with Gasteiger partial charge in [-0.2, -0.15) is 0 Å². The van der Waals surface area contributed by atoms with Crippen molar-refractivity contribution in [1.29, 1.82) is 0 Å². The Labute approximate surface area is 207 Å². The number of hydrogen-bond donors (Lipinski definition) is 2. The first kappa shape index (κ1) is 27.5. The van der Waals surface area contributed by atoms with Crippen molar-refractivity contribution in [2.24, 2.45) is 40.4 Å². The fraction of sp³-hybridized carbons (Fsp3) is 0.897. The number of carboxylic acids is 1. The van der Waals surface area contributed by atoms with Crippen LogP contribution in [0.4, 0.5) is 0 Å². The molecule has 5 heteroatoms. The molecule has 0 saturated heterocycles. The summed E-state index contributed by atoms with van der Waals surface area (Å²) in [5, 5.41) is 19.1. The van der Waals surface area contributed by atoms with Gasteiger partial charge in [-0.15, -0.1) is 6.42 Å². The third-order valence-corrected chi connectivity index (χ3v) is 10.4. The van der Waals surface area contributed by atoms with Crippen molar-refractivity contribution in [3.63, 3.8) is 0 Å². The summed E-state index contributed by atoms with van der Waals surface area (Å²) in [6, 6.07) is 0. The van der Waals surface area contributed by atoms with Gasteiger partial charge in [-0.25, -0.2) is 0 Å². The quantitative estimate of drug-likeness (QED) is 0.355. The van der Waals surface area contributed by atoms with E-state index in [0.717, 1.165) is 55.3 Å². The molecule has 0 aliphatic heterocycles. The number of aliphatic hydroxyl groups is 1. The summed E-state index contributed by atoms with van der Waals surface area (Å²) < 4.78 is 9.56. The molecule has 0 aromatic heterocycles. The van der Waals surface area contributed by atoms with Crippen molar-refractivity contribution in [2.45, 2.75) is 97.0 Å². The molecule has 0 amide bonds. The van der Waals surface area contributed by atoms with Crippen molar-refractivity contribution in [3.8, 4) is 12.3 Å². The minimum Gasteiger partial charge on any atom is -0.481 e. The largest absolute Gasteiger partial charge is 0.481 e. The first-order valence-corrected chi connectivity index (χ1v) is 13.7. The van der Waals surface area contributed by atoms with Crippen LogP contribution in [0.25, 0.3) is 0 Å². The van der Waals surface area contributed by atoms with Gasteiger partial charge in [0.15, 0.2) is 0 Å². The fourth-order valence-corrected chi connectivity index (χ4v) is 8.59. The van der Waals surface area contributed by atoms with Crippen molar-refractivity contribution >= 4 is 5.97 Å². The third kappa shape index (κ3) is 6.00. The molecule has 8 unspecified atom stereocenters. The smallest absolute Gasteiger partial charge is 0.303 e. The number of carbonyl (C=O) groups is 1. The lowest BCUT2D eigenvalue weighted by atomic mass is 9.44. The minimum absolute atomic E-state index is 0.0522. The van der Waals surface area contributed by atoms with Gasteiger partial charge in [0.25, 0.3) is 0 Å². The highest BCUT2D eigenvalue weighted by Gasteiger charge is 2.59. The average molecular weight is 477 g/mol. The molecule has 4 saturated carbocycles. The molecule has 34 heavy (non-hydrogen) atoms. The number of fused-ring (bicyclic) bond motifs is 5. The number of aliphatic hydroxyl groups excluding tert-OH is 1. The first-order chi connectivity index (χ1) is 16.3. The van der Waals surface area contributed by atoms with Crippen molar-refractivity contribution in [2.75, 3.05) is 26.9 Å². The lowest BCUT2D eigenvalue weighted by Crippen LogP contribution is -2.53. The maximum Gasteiger partial charge on any atom is 0.303 e. The van der Waals surface area contributed by atoms with Crippen LogP contribution in [-0.2, 0) is 14.3 Å². The number of methoxy groups -OCH3 is 1. The molecule has 194 valence electrons. The lowest BCUT2D eigenvalue weighted by molar-refractivity contribution is -0.137. The molecule has 0 spiro atoms. The average Bonchev–Trinajstić information content (AvgIpc) is 3.14. The second kappa shape index (κ2) is 12.2. The van der Waals surface area contributed by atoms with Crippen molar-refractivity contribution < 1.29 is 24.5 Å². The summed E-state index contributed by atoms with van der Waals surface area (Å²) in [5.74, 6) is 5.80. The summed E-state index contributed by atoms with van der Waals surface area (Å²) in [6.45, 7) is 6.68. The van der Waals surface area contributed by atoms with E-state index in [0.29, 0.717) is 37.1 Å². The molecule has 4 aliphatic carbocycles. The molecule has 0 radical (unpaired) electrons. The van der Waals surface area contributed by atoms with Gasteiger partial charge in [-0.1, -0.05) is 19.8 Å². The molecule has 0 heterocycles. The number of carboxylic acid groups (broad SMARTS) is 1. The molecular formula is C29H48O5. The monoisotopic (exact) mass is 476 g/mol. The van der Waals surface area contributed by atoms with E-state index in [1.54, 1.807) is 7.11 Å². The molecule has 2 N–H and O–H groups in total. The Kier molecular flexibility index (Phi) is 9.90. The number of hydrogen-bond acceptors (Lipinski definition) is 4. The van der Waals surface area contributed by atoms with Gasteiger partial charge >= 0.3 is 5.97 Å². The van der Waals surface area contributed by atoms with E-state index in [-0.39, 0.29) is 6.10 Å². The number of ether oxygens (including phenoxy) is 2. The Hall–Kier alpha value is -1.09. The summed E-state index contributed by atoms with van der Waals surface area (Å²) in [7, 11) is 1.62. The number of terminal acetylenes is 1. The highest BCUT2D eigenvalue weighted by atomic mass is 16.5. The summed E-state index contributed by atoms with van der Waals surface area (Å²) in [5.41, 5.74) is 0.919. The second-order valence-electron chi connectivity index (χ2n) is 11.9. The van der Waals surface area contributed by atoms with Crippen LogP contribution in [0.5, 0.6) is 0 Å². The van der Waals surface area contributed by atoms with Crippen LogP contribution in [0.15, 0.2) is 0 Å². The van der Waals surface area contributed by atoms with Gasteiger partial charge in [0.1, 0.15) is 6.61 Å². The Balaban J connectivity index is 0.000000350. The minimum atomic E-state index is -0.640. The van der Waals surface area contributed by atoms with Gasteiger partial charge in [-0.3, -0.25) is 4.79 Å². The third-order valence-electron chi connectivity index (χ3n) is 10.4. The number of aliphatic carboxylic acids is 1. The van der Waals surface area contributed by atoms with Crippen LogP contribution in [0.3, 0.4) is 0 Å². The Morgan fingerprint density at radius 1 is 1.03 bits per heavy atom. The van der Waals surface area contributed by atoms with Gasteiger partial charge < -0.3 is 19.7 Å². The fourth-order valence-electron chi connectivity index (χ4n) is 8.59. The molecule has 8 atom stereocenters. The van der Waals surface area contributed by atoms with E-state index in [1.807, 2.05) is 0 Å². The molecule has 0 aromatic carbocycles. The maximum absolute atomic E-state index is 10.9. The van der Waals surface area contributed by atoms with E-state index in [1.165, 1.54) is 44.9 Å². The standard InChI is InChI=1S/C23H38O3.C6H10O2/c1-22-13-11-20-18(8-6-16-14-17(24)10-12-23(16,20)2)19(22)9-7-15(22)4-3-5-21(25)26;1-3-4-8-6-5-7-2/h15-20,24H,3-14H2,1-2H3,(H,25,26);1H,4-6H2,2H3. The highest BCUT2D eigenvalue weighted by molar-refractivity contribution is 5.66. The molecule has 0 aromatic rings. The Morgan fingerprint density at radius 2 is 1.76 bits per heavy atom. The van der Waals surface area contributed by atoms with Gasteiger partial charge in [0.2, 0.25) is 0 Å². The van der Waals surface area contributed by atoms with E-state index >= 15 is 0 Å². The van der Waals surface area contributed by atoms with Crippen LogP contribution in [0.2, 0.25) is 0 Å². The van der Waals surface area contributed by atoms with Gasteiger partial charge in [0.05, 0.1) is 19.3 Å². The maximum atomic E-state index is 10.9. The zero-order valence-electron chi connectivity index (χ0n) is 21.8. The van der Waals surface area contributed by atoms with Crippen LogP contribution in [0, 0.1) is 52.8 Å². The van der Waals surface area contributed by atoms with Crippen LogP contribution in [0.1, 0.15) is 90.9 Å². The topological polar surface area (TPSA) is 76.0 Å². The van der Waals surface area contributed by atoms with E-state index in [9.17, 15) is 9.90 Å². The SMILES string of the molecule is C#CCOCCOC.CC12CCC3C(CCC4CC(O)CCC43C)C1CCC2CCCC(=O)O. The van der Waals surface area contributed by atoms with Crippen LogP contribution >= 0.6 is 0 Å². The summed E-state index contributed by atoms with van der Waals surface area (Å²) in [4.78, 5) is 10.9. The Morgan fingerprint density at radius 3 is 2.47 bits per heavy atom. The highest BCUT2D eigenvalue weighted by Crippen LogP contribution is 2.67. The molecule has 5 nitrogen and oxygen atoms in total. The van der Waals surface area contributed by atoms with Crippen LogP contribution in [-0.4, -0.2) is 49.2 Å². The zero-order valence-corrected chi connectivity index (χ0v) is 21.8. The Bertz CT molecular complexity index is 701. The predicted octanol–water partition coefficient (Wildman–Crippen LogP) is 5.54. The predicted molar refractivity (Wildman–Crippen MR) is 134 cm³/mol. The summed E-state index contributed by atoms with van der Waals surface area (Å²) in [6.07, 6.45) is 18.5. The molecule has 4 aliphatic rings. The normalized spacial score (nSPS) is 40.7. The van der Waals surface area contributed by atoms with Crippen LogP contribution < -0.4 is 0 Å².